The number of hydrogen-bond donors (Lipinski definition) is 1. The van der Waals surface area contributed by atoms with Gasteiger partial charge in [-0.1, -0.05) is 6.07 Å². The minimum atomic E-state index is -0.0263. The first-order chi connectivity index (χ1) is 10.2. The summed E-state index contributed by atoms with van der Waals surface area (Å²) in [5, 5.41) is 3.10. The lowest BCUT2D eigenvalue weighted by Crippen LogP contribution is -2.48. The highest BCUT2D eigenvalue weighted by molar-refractivity contribution is 7.11. The molecule has 1 saturated heterocycles. The van der Waals surface area contributed by atoms with Gasteiger partial charge < -0.3 is 10.2 Å². The summed E-state index contributed by atoms with van der Waals surface area (Å²) in [4.78, 5) is 23.5. The van der Waals surface area contributed by atoms with Gasteiger partial charge in [-0.05, 0) is 31.9 Å². The molecule has 0 bridgehead atoms. The van der Waals surface area contributed by atoms with E-state index in [1.807, 2.05) is 25.1 Å². The van der Waals surface area contributed by atoms with E-state index in [-0.39, 0.29) is 11.9 Å². The van der Waals surface area contributed by atoms with Crippen LogP contribution < -0.4 is 10.2 Å². The van der Waals surface area contributed by atoms with E-state index in [1.165, 1.54) is 11.3 Å². The van der Waals surface area contributed by atoms with Gasteiger partial charge in [0.2, 0.25) is 0 Å². The van der Waals surface area contributed by atoms with Gasteiger partial charge in [0.05, 0.1) is 11.7 Å². The normalized spacial score (nSPS) is 18.5. The average Bonchev–Trinajstić information content (AvgIpc) is 3.02. The predicted octanol–water partition coefficient (Wildman–Crippen LogP) is 2.25. The topological polar surface area (TPSA) is 58.1 Å². The number of pyridine rings is 1. The van der Waals surface area contributed by atoms with Crippen molar-refractivity contribution < 1.29 is 4.79 Å². The number of piperidine rings is 1. The Kier molecular flexibility index (Phi) is 4.15. The third-order valence-electron chi connectivity index (χ3n) is 3.61. The summed E-state index contributed by atoms with van der Waals surface area (Å²) in [5.41, 5.74) is 2.70. The van der Waals surface area contributed by atoms with Crippen molar-refractivity contribution in [1.82, 2.24) is 15.3 Å². The zero-order chi connectivity index (χ0) is 14.7. The van der Waals surface area contributed by atoms with Gasteiger partial charge in [-0.2, -0.15) is 0 Å². The Hall–Kier alpha value is -1.95. The van der Waals surface area contributed by atoms with Crippen molar-refractivity contribution in [3.8, 4) is 0 Å². The molecule has 0 unspecified atom stereocenters. The SMILES string of the molecule is Cc1cccc(N2CCC[C@@H](NC(=O)c3cncs3)C2)n1. The molecule has 0 aromatic carbocycles. The van der Waals surface area contributed by atoms with Gasteiger partial charge in [-0.25, -0.2) is 4.98 Å². The fourth-order valence-corrected chi connectivity index (χ4v) is 3.12. The van der Waals surface area contributed by atoms with Gasteiger partial charge in [-0.15, -0.1) is 11.3 Å². The van der Waals surface area contributed by atoms with Gasteiger partial charge in [0.1, 0.15) is 10.7 Å². The number of amides is 1. The maximum absolute atomic E-state index is 12.1. The Balaban J connectivity index is 1.64. The Bertz CT molecular complexity index is 614. The van der Waals surface area contributed by atoms with Crippen LogP contribution in [-0.4, -0.2) is 35.0 Å². The van der Waals surface area contributed by atoms with Crippen molar-refractivity contribution in [2.45, 2.75) is 25.8 Å². The third kappa shape index (κ3) is 3.39. The Morgan fingerprint density at radius 1 is 1.48 bits per heavy atom. The summed E-state index contributed by atoms with van der Waals surface area (Å²) in [5.74, 6) is 0.966. The van der Waals surface area contributed by atoms with Crippen molar-refractivity contribution in [2.24, 2.45) is 0 Å². The van der Waals surface area contributed by atoms with Crippen molar-refractivity contribution in [3.63, 3.8) is 0 Å². The molecule has 3 rings (SSSR count). The van der Waals surface area contributed by atoms with Crippen molar-refractivity contribution in [3.05, 3.63) is 40.5 Å². The summed E-state index contributed by atoms with van der Waals surface area (Å²) in [7, 11) is 0. The molecule has 1 aliphatic heterocycles. The van der Waals surface area contributed by atoms with Crippen LogP contribution in [0.25, 0.3) is 0 Å². The maximum Gasteiger partial charge on any atom is 0.263 e. The standard InChI is InChI=1S/C15H18N4OS/c1-11-4-2-6-14(17-11)19-7-3-5-12(9-19)18-15(20)13-8-16-10-21-13/h2,4,6,8,10,12H,3,5,7,9H2,1H3,(H,18,20)/t12-/m1/s1. The van der Waals surface area contributed by atoms with E-state index >= 15 is 0 Å². The van der Waals surface area contributed by atoms with Gasteiger partial charge in [0.25, 0.3) is 5.91 Å². The Morgan fingerprint density at radius 2 is 2.38 bits per heavy atom. The summed E-state index contributed by atoms with van der Waals surface area (Å²) in [6.07, 6.45) is 3.68. The van der Waals surface area contributed by atoms with Gasteiger partial charge in [0.15, 0.2) is 0 Å². The second kappa shape index (κ2) is 6.22. The van der Waals surface area contributed by atoms with E-state index in [1.54, 1.807) is 11.7 Å². The summed E-state index contributed by atoms with van der Waals surface area (Å²) >= 11 is 1.37. The molecule has 2 aromatic heterocycles. The molecule has 21 heavy (non-hydrogen) atoms. The highest BCUT2D eigenvalue weighted by Gasteiger charge is 2.23. The number of nitrogens with zero attached hydrogens (tertiary/aromatic N) is 3. The predicted molar refractivity (Wildman–Crippen MR) is 83.8 cm³/mol. The summed E-state index contributed by atoms with van der Waals surface area (Å²) in [6, 6.07) is 6.21. The molecule has 1 N–H and O–H groups in total. The van der Waals surface area contributed by atoms with Crippen LogP contribution in [0, 0.1) is 6.92 Å². The molecule has 6 heteroatoms. The Morgan fingerprint density at radius 3 is 3.14 bits per heavy atom. The largest absolute Gasteiger partial charge is 0.355 e. The number of nitrogens with one attached hydrogen (secondary N) is 1. The number of aryl methyl sites for hydroxylation is 1. The van der Waals surface area contributed by atoms with Crippen molar-refractivity contribution in [2.75, 3.05) is 18.0 Å². The van der Waals surface area contributed by atoms with E-state index < -0.39 is 0 Å². The zero-order valence-electron chi connectivity index (χ0n) is 12.0. The second-order valence-corrected chi connectivity index (χ2v) is 6.15. The number of hydrogen-bond acceptors (Lipinski definition) is 5. The van der Waals surface area contributed by atoms with Crippen LogP contribution in [0.4, 0.5) is 5.82 Å². The lowest BCUT2D eigenvalue weighted by Gasteiger charge is -2.34. The molecule has 110 valence electrons. The first-order valence-electron chi connectivity index (χ1n) is 7.10. The molecule has 5 nitrogen and oxygen atoms in total. The van der Waals surface area contributed by atoms with Crippen LogP contribution in [0.3, 0.4) is 0 Å². The lowest BCUT2D eigenvalue weighted by molar-refractivity contribution is 0.0937. The fraction of sp³-hybridized carbons (Fsp3) is 0.400. The van der Waals surface area contributed by atoms with E-state index in [9.17, 15) is 4.79 Å². The Labute approximate surface area is 128 Å². The number of carbonyl (C=O) groups is 1. The van der Waals surface area contributed by atoms with Crippen molar-refractivity contribution in [1.29, 1.82) is 0 Å². The van der Waals surface area contributed by atoms with E-state index in [2.05, 4.69) is 20.2 Å². The number of anilines is 1. The van der Waals surface area contributed by atoms with Crippen LogP contribution in [-0.2, 0) is 0 Å². The number of rotatable bonds is 3. The monoisotopic (exact) mass is 302 g/mol. The number of aromatic nitrogens is 2. The quantitative estimate of drug-likeness (QED) is 0.945. The molecule has 3 heterocycles. The first kappa shape index (κ1) is 14.0. The molecule has 1 aliphatic rings. The highest BCUT2D eigenvalue weighted by Crippen LogP contribution is 2.18. The van der Waals surface area contributed by atoms with Gasteiger partial charge in [0, 0.05) is 24.8 Å². The minimum absolute atomic E-state index is 0.0263. The molecule has 0 spiro atoms. The zero-order valence-corrected chi connectivity index (χ0v) is 12.8. The van der Waals surface area contributed by atoms with Crippen LogP contribution in [0.2, 0.25) is 0 Å². The molecule has 0 radical (unpaired) electrons. The summed E-state index contributed by atoms with van der Waals surface area (Å²) < 4.78 is 0. The number of thiazole rings is 1. The average molecular weight is 302 g/mol. The fourth-order valence-electron chi connectivity index (χ4n) is 2.59. The molecular weight excluding hydrogens is 284 g/mol. The van der Waals surface area contributed by atoms with Gasteiger partial charge in [-0.3, -0.25) is 9.78 Å². The minimum Gasteiger partial charge on any atom is -0.355 e. The van der Waals surface area contributed by atoms with Gasteiger partial charge >= 0.3 is 0 Å². The number of carbonyl (C=O) groups excluding carboxylic acids is 1. The van der Waals surface area contributed by atoms with Crippen LogP contribution in [0.5, 0.6) is 0 Å². The smallest absolute Gasteiger partial charge is 0.263 e. The molecule has 0 saturated carbocycles. The molecule has 1 atom stereocenters. The molecule has 2 aromatic rings. The molecule has 1 amide bonds. The molecule has 0 aliphatic carbocycles. The lowest BCUT2D eigenvalue weighted by atomic mass is 10.1. The third-order valence-corrected chi connectivity index (χ3v) is 4.38. The van der Waals surface area contributed by atoms with E-state index in [4.69, 9.17) is 0 Å². The molecular formula is C15H18N4OS. The van der Waals surface area contributed by atoms with Crippen LogP contribution in [0.15, 0.2) is 29.9 Å². The highest BCUT2D eigenvalue weighted by atomic mass is 32.1. The first-order valence-corrected chi connectivity index (χ1v) is 7.98. The molecule has 1 fully saturated rings. The van der Waals surface area contributed by atoms with E-state index in [0.717, 1.165) is 37.4 Å². The maximum atomic E-state index is 12.1. The van der Waals surface area contributed by atoms with Crippen LogP contribution >= 0.6 is 11.3 Å². The van der Waals surface area contributed by atoms with Crippen LogP contribution in [0.1, 0.15) is 28.2 Å². The van der Waals surface area contributed by atoms with E-state index in [0.29, 0.717) is 4.88 Å². The summed E-state index contributed by atoms with van der Waals surface area (Å²) in [6.45, 7) is 3.79. The second-order valence-electron chi connectivity index (χ2n) is 5.26. The van der Waals surface area contributed by atoms with Crippen molar-refractivity contribution >= 4 is 23.1 Å².